The Bertz CT molecular complexity index is 468. The first-order valence-corrected chi connectivity index (χ1v) is 5.87. The zero-order valence-electron chi connectivity index (χ0n) is 10.3. The summed E-state index contributed by atoms with van der Waals surface area (Å²) >= 11 is 0. The fourth-order valence-corrected chi connectivity index (χ4v) is 1.77. The van der Waals surface area contributed by atoms with E-state index in [1.807, 2.05) is 6.07 Å². The van der Waals surface area contributed by atoms with Crippen molar-refractivity contribution >= 4 is 5.95 Å². The maximum atomic E-state index is 4.29. The molecule has 0 atom stereocenters. The summed E-state index contributed by atoms with van der Waals surface area (Å²) in [4.78, 5) is 10.8. The molecule has 0 N–H and O–H groups in total. The molecule has 1 aromatic carbocycles. The van der Waals surface area contributed by atoms with Gasteiger partial charge in [-0.05, 0) is 31.0 Å². The highest BCUT2D eigenvalue weighted by Gasteiger charge is 2.08. The second-order valence-electron chi connectivity index (χ2n) is 3.99. The molecule has 17 heavy (non-hydrogen) atoms. The van der Waals surface area contributed by atoms with Crippen LogP contribution in [0.4, 0.5) is 5.95 Å². The summed E-state index contributed by atoms with van der Waals surface area (Å²) in [5.41, 5.74) is 2.63. The minimum absolute atomic E-state index is 0.790. The standard InChI is InChI=1S/C14H17N3/c1-3-17(14-15-9-6-10-16-14)11-13-8-5-4-7-12(13)2/h4-10H,3,11H2,1-2H3. The maximum absolute atomic E-state index is 4.29. The number of aromatic nitrogens is 2. The lowest BCUT2D eigenvalue weighted by Gasteiger charge is -2.21. The Balaban J connectivity index is 2.19. The van der Waals surface area contributed by atoms with Crippen LogP contribution in [0.3, 0.4) is 0 Å². The van der Waals surface area contributed by atoms with Crippen LogP contribution in [0.2, 0.25) is 0 Å². The van der Waals surface area contributed by atoms with Crippen LogP contribution in [0.1, 0.15) is 18.1 Å². The molecule has 0 aliphatic carbocycles. The van der Waals surface area contributed by atoms with E-state index in [4.69, 9.17) is 0 Å². The molecule has 0 radical (unpaired) electrons. The van der Waals surface area contributed by atoms with Gasteiger partial charge >= 0.3 is 0 Å². The van der Waals surface area contributed by atoms with Crippen LogP contribution >= 0.6 is 0 Å². The first-order chi connectivity index (χ1) is 8.31. The number of hydrogen-bond donors (Lipinski definition) is 0. The third-order valence-electron chi connectivity index (χ3n) is 2.84. The first-order valence-electron chi connectivity index (χ1n) is 5.87. The van der Waals surface area contributed by atoms with E-state index >= 15 is 0 Å². The van der Waals surface area contributed by atoms with E-state index in [9.17, 15) is 0 Å². The lowest BCUT2D eigenvalue weighted by molar-refractivity contribution is 0.788. The predicted octanol–water partition coefficient (Wildman–Crippen LogP) is 2.81. The molecule has 0 aliphatic heterocycles. The van der Waals surface area contributed by atoms with Crippen LogP contribution in [0, 0.1) is 6.92 Å². The zero-order chi connectivity index (χ0) is 12.1. The molecule has 0 saturated heterocycles. The number of aryl methyl sites for hydroxylation is 1. The Labute approximate surface area is 102 Å². The second-order valence-corrected chi connectivity index (χ2v) is 3.99. The average Bonchev–Trinajstić information content (AvgIpc) is 2.39. The minimum Gasteiger partial charge on any atom is -0.337 e. The second kappa shape index (κ2) is 5.43. The van der Waals surface area contributed by atoms with E-state index in [1.54, 1.807) is 12.4 Å². The molecule has 0 aliphatic rings. The summed E-state index contributed by atoms with van der Waals surface area (Å²) in [6.07, 6.45) is 3.56. The molecule has 0 spiro atoms. The van der Waals surface area contributed by atoms with Crippen LogP contribution in [-0.4, -0.2) is 16.5 Å². The summed E-state index contributed by atoms with van der Waals surface area (Å²) in [6.45, 7) is 6.01. The lowest BCUT2D eigenvalue weighted by Crippen LogP contribution is -2.24. The van der Waals surface area contributed by atoms with Crippen LogP contribution in [0.25, 0.3) is 0 Å². The molecule has 88 valence electrons. The topological polar surface area (TPSA) is 29.0 Å². The van der Waals surface area contributed by atoms with Crippen molar-refractivity contribution in [2.45, 2.75) is 20.4 Å². The number of anilines is 1. The largest absolute Gasteiger partial charge is 0.337 e. The van der Waals surface area contributed by atoms with E-state index in [0.717, 1.165) is 19.0 Å². The molecular formula is C14H17N3. The number of rotatable bonds is 4. The number of nitrogens with zero attached hydrogens (tertiary/aromatic N) is 3. The summed E-state index contributed by atoms with van der Waals surface area (Å²) in [5, 5.41) is 0. The Morgan fingerprint density at radius 3 is 2.41 bits per heavy atom. The van der Waals surface area contributed by atoms with Gasteiger partial charge in [-0.15, -0.1) is 0 Å². The normalized spacial score (nSPS) is 10.2. The molecule has 0 amide bonds. The van der Waals surface area contributed by atoms with E-state index < -0.39 is 0 Å². The van der Waals surface area contributed by atoms with Crippen molar-refractivity contribution in [3.63, 3.8) is 0 Å². The summed E-state index contributed by atoms with van der Waals surface area (Å²) < 4.78 is 0. The number of hydrogen-bond acceptors (Lipinski definition) is 3. The van der Waals surface area contributed by atoms with Gasteiger partial charge in [-0.2, -0.15) is 0 Å². The van der Waals surface area contributed by atoms with Crippen LogP contribution in [0.5, 0.6) is 0 Å². The monoisotopic (exact) mass is 227 g/mol. The van der Waals surface area contributed by atoms with E-state index in [0.29, 0.717) is 0 Å². The molecule has 0 saturated carbocycles. The molecule has 2 rings (SSSR count). The van der Waals surface area contributed by atoms with Crippen LogP contribution in [0.15, 0.2) is 42.7 Å². The fraction of sp³-hybridized carbons (Fsp3) is 0.286. The Morgan fingerprint density at radius 2 is 1.76 bits per heavy atom. The number of benzene rings is 1. The van der Waals surface area contributed by atoms with Crippen LogP contribution in [-0.2, 0) is 6.54 Å². The Kier molecular flexibility index (Phi) is 3.70. The third-order valence-corrected chi connectivity index (χ3v) is 2.84. The Hall–Kier alpha value is -1.90. The summed E-state index contributed by atoms with van der Waals surface area (Å²) in [6, 6.07) is 10.3. The van der Waals surface area contributed by atoms with Gasteiger partial charge < -0.3 is 4.90 Å². The molecule has 1 aromatic heterocycles. The lowest BCUT2D eigenvalue weighted by atomic mass is 10.1. The van der Waals surface area contributed by atoms with E-state index in [1.165, 1.54) is 11.1 Å². The summed E-state index contributed by atoms with van der Waals surface area (Å²) in [5.74, 6) is 0.790. The zero-order valence-corrected chi connectivity index (χ0v) is 10.3. The van der Waals surface area contributed by atoms with Crippen molar-refractivity contribution in [1.82, 2.24) is 9.97 Å². The van der Waals surface area contributed by atoms with Gasteiger partial charge in [0.2, 0.25) is 5.95 Å². The van der Waals surface area contributed by atoms with Gasteiger partial charge in [0.1, 0.15) is 0 Å². The predicted molar refractivity (Wildman–Crippen MR) is 69.9 cm³/mol. The Morgan fingerprint density at radius 1 is 1.06 bits per heavy atom. The fourth-order valence-electron chi connectivity index (χ4n) is 1.77. The van der Waals surface area contributed by atoms with Crippen molar-refractivity contribution in [3.05, 3.63) is 53.9 Å². The van der Waals surface area contributed by atoms with Crippen molar-refractivity contribution < 1.29 is 0 Å². The van der Waals surface area contributed by atoms with E-state index in [2.05, 4.69) is 53.0 Å². The van der Waals surface area contributed by atoms with Crippen molar-refractivity contribution in [1.29, 1.82) is 0 Å². The van der Waals surface area contributed by atoms with Gasteiger partial charge in [-0.3, -0.25) is 0 Å². The SMILES string of the molecule is CCN(Cc1ccccc1C)c1ncccn1. The molecule has 3 nitrogen and oxygen atoms in total. The molecule has 0 fully saturated rings. The van der Waals surface area contributed by atoms with Crippen molar-refractivity contribution in [2.24, 2.45) is 0 Å². The van der Waals surface area contributed by atoms with Gasteiger partial charge in [-0.25, -0.2) is 9.97 Å². The van der Waals surface area contributed by atoms with Gasteiger partial charge in [0.15, 0.2) is 0 Å². The molecule has 3 heteroatoms. The first kappa shape index (κ1) is 11.6. The molecule has 0 unspecified atom stereocenters. The highest BCUT2D eigenvalue weighted by Crippen LogP contribution is 2.14. The van der Waals surface area contributed by atoms with Gasteiger partial charge in [-0.1, -0.05) is 24.3 Å². The molecule has 2 aromatic rings. The average molecular weight is 227 g/mol. The summed E-state index contributed by atoms with van der Waals surface area (Å²) in [7, 11) is 0. The van der Waals surface area contributed by atoms with Gasteiger partial charge in [0.25, 0.3) is 0 Å². The van der Waals surface area contributed by atoms with Crippen molar-refractivity contribution in [2.75, 3.05) is 11.4 Å². The van der Waals surface area contributed by atoms with Crippen LogP contribution < -0.4 is 4.90 Å². The smallest absolute Gasteiger partial charge is 0.225 e. The third kappa shape index (κ3) is 2.81. The quantitative estimate of drug-likeness (QED) is 0.804. The molecule has 1 heterocycles. The van der Waals surface area contributed by atoms with Gasteiger partial charge in [0.05, 0.1) is 0 Å². The molecule has 0 bridgehead atoms. The van der Waals surface area contributed by atoms with Crippen molar-refractivity contribution in [3.8, 4) is 0 Å². The minimum atomic E-state index is 0.790. The van der Waals surface area contributed by atoms with Gasteiger partial charge in [0, 0.05) is 25.5 Å². The molecular weight excluding hydrogens is 210 g/mol. The maximum Gasteiger partial charge on any atom is 0.225 e. The highest BCUT2D eigenvalue weighted by atomic mass is 15.2. The van der Waals surface area contributed by atoms with E-state index in [-0.39, 0.29) is 0 Å². The highest BCUT2D eigenvalue weighted by molar-refractivity contribution is 5.34.